The summed E-state index contributed by atoms with van der Waals surface area (Å²) in [5, 5.41) is 2.67. The molecule has 4 rings (SSSR count). The molecule has 0 unspecified atom stereocenters. The molecule has 0 atom stereocenters. The minimum absolute atomic E-state index is 0.358. The summed E-state index contributed by atoms with van der Waals surface area (Å²) in [5.41, 5.74) is 7.12. The number of hydrazine groups is 1. The van der Waals surface area contributed by atoms with Crippen molar-refractivity contribution in [1.29, 1.82) is 0 Å². The minimum Gasteiger partial charge on any atom is -0.267 e. The number of hydrogen-bond donors (Lipinski definition) is 2. The molecule has 2 amide bonds. The fraction of sp³-hybridized carbons (Fsp3) is 0. The Balaban J connectivity index is 1.64. The zero-order valence-electron chi connectivity index (χ0n) is 14.0. The van der Waals surface area contributed by atoms with Crippen molar-refractivity contribution in [2.75, 3.05) is 0 Å². The number of nitrogens with one attached hydrogen (secondary N) is 2. The van der Waals surface area contributed by atoms with Gasteiger partial charge in [-0.05, 0) is 35.7 Å². The van der Waals surface area contributed by atoms with Crippen molar-refractivity contribution in [2.24, 2.45) is 0 Å². The Morgan fingerprint density at radius 2 is 1.78 bits per heavy atom. The summed E-state index contributed by atoms with van der Waals surface area (Å²) in [4.78, 5) is 34.4. The fourth-order valence-corrected chi connectivity index (χ4v) is 3.35. The van der Waals surface area contributed by atoms with Crippen molar-refractivity contribution in [2.45, 2.75) is 0 Å². The van der Waals surface area contributed by atoms with E-state index >= 15 is 0 Å². The molecule has 27 heavy (non-hydrogen) atoms. The third kappa shape index (κ3) is 3.54. The fourth-order valence-electron chi connectivity index (χ4n) is 2.66. The second-order valence-electron chi connectivity index (χ2n) is 5.70. The number of nitrogens with zero attached hydrogens (tertiary/aromatic N) is 2. The molecule has 2 N–H and O–H groups in total. The van der Waals surface area contributed by atoms with Gasteiger partial charge in [-0.1, -0.05) is 24.3 Å². The lowest BCUT2D eigenvalue weighted by Crippen LogP contribution is -2.41. The van der Waals surface area contributed by atoms with E-state index in [1.165, 1.54) is 6.20 Å². The molecule has 0 aliphatic heterocycles. The van der Waals surface area contributed by atoms with Gasteiger partial charge in [-0.3, -0.25) is 25.4 Å². The van der Waals surface area contributed by atoms with Gasteiger partial charge in [0.05, 0.1) is 27.2 Å². The van der Waals surface area contributed by atoms with Gasteiger partial charge in [0.1, 0.15) is 0 Å². The number of benzene rings is 1. The monoisotopic (exact) mass is 374 g/mol. The largest absolute Gasteiger partial charge is 0.271 e. The van der Waals surface area contributed by atoms with Crippen LogP contribution in [0.25, 0.3) is 21.5 Å². The average molecular weight is 374 g/mol. The van der Waals surface area contributed by atoms with Gasteiger partial charge in [-0.2, -0.15) is 0 Å². The molecule has 132 valence electrons. The molecule has 0 radical (unpaired) electrons. The summed E-state index contributed by atoms with van der Waals surface area (Å²) >= 11 is 1.55. The SMILES string of the molecule is O=C(NNC(=O)c1cc(-c2cccs2)nc2ccccc12)c1cccnc1. The van der Waals surface area contributed by atoms with E-state index in [2.05, 4.69) is 20.8 Å². The van der Waals surface area contributed by atoms with E-state index in [4.69, 9.17) is 0 Å². The topological polar surface area (TPSA) is 84.0 Å². The first kappa shape index (κ1) is 16.9. The third-order valence-corrected chi connectivity index (χ3v) is 4.84. The Labute approximate surface area is 158 Å². The second kappa shape index (κ2) is 7.35. The maximum absolute atomic E-state index is 12.8. The number of carbonyl (C=O) groups is 2. The van der Waals surface area contributed by atoms with Crippen LogP contribution < -0.4 is 10.9 Å². The second-order valence-corrected chi connectivity index (χ2v) is 6.65. The lowest BCUT2D eigenvalue weighted by atomic mass is 10.1. The van der Waals surface area contributed by atoms with Crippen LogP contribution in [0.15, 0.2) is 72.4 Å². The van der Waals surface area contributed by atoms with Crippen LogP contribution in [0.4, 0.5) is 0 Å². The van der Waals surface area contributed by atoms with Gasteiger partial charge in [-0.25, -0.2) is 4.98 Å². The van der Waals surface area contributed by atoms with Crippen LogP contribution in [0.3, 0.4) is 0 Å². The third-order valence-electron chi connectivity index (χ3n) is 3.95. The van der Waals surface area contributed by atoms with Crippen LogP contribution >= 0.6 is 11.3 Å². The maximum Gasteiger partial charge on any atom is 0.271 e. The molecule has 0 aliphatic rings. The van der Waals surface area contributed by atoms with Crippen molar-refractivity contribution in [3.8, 4) is 10.6 Å². The molecule has 0 aliphatic carbocycles. The van der Waals surface area contributed by atoms with Crippen LogP contribution in [0.1, 0.15) is 20.7 Å². The molecule has 3 heterocycles. The van der Waals surface area contributed by atoms with E-state index in [1.54, 1.807) is 35.7 Å². The number of aromatic nitrogens is 2. The van der Waals surface area contributed by atoms with Gasteiger partial charge in [0.25, 0.3) is 11.8 Å². The lowest BCUT2D eigenvalue weighted by molar-refractivity contribution is 0.0847. The normalized spacial score (nSPS) is 10.5. The van der Waals surface area contributed by atoms with Crippen LogP contribution in [0.2, 0.25) is 0 Å². The standard InChI is InChI=1S/C20H14N4O2S/c25-19(13-5-3-9-21-12-13)23-24-20(26)15-11-17(18-8-4-10-27-18)22-16-7-2-1-6-14(15)16/h1-12H,(H,23,25)(H,24,26). The summed E-state index contributed by atoms with van der Waals surface area (Å²) in [7, 11) is 0. The Kier molecular flexibility index (Phi) is 4.59. The molecule has 1 aromatic carbocycles. The first-order chi connectivity index (χ1) is 13.2. The number of pyridine rings is 2. The van der Waals surface area contributed by atoms with Crippen molar-refractivity contribution < 1.29 is 9.59 Å². The van der Waals surface area contributed by atoms with Crippen LogP contribution in [0, 0.1) is 0 Å². The average Bonchev–Trinajstić information content (AvgIpc) is 3.26. The lowest BCUT2D eigenvalue weighted by Gasteiger charge is -2.11. The molecule has 0 saturated carbocycles. The Morgan fingerprint density at radius 3 is 2.56 bits per heavy atom. The van der Waals surface area contributed by atoms with E-state index in [9.17, 15) is 9.59 Å². The zero-order chi connectivity index (χ0) is 18.6. The quantitative estimate of drug-likeness (QED) is 0.538. The summed E-state index contributed by atoms with van der Waals surface area (Å²) in [5.74, 6) is -0.850. The predicted molar refractivity (Wildman–Crippen MR) is 104 cm³/mol. The molecule has 4 aromatic rings. The zero-order valence-corrected chi connectivity index (χ0v) is 14.9. The van der Waals surface area contributed by atoms with E-state index in [-0.39, 0.29) is 0 Å². The Bertz CT molecular complexity index is 1110. The molecule has 0 spiro atoms. The van der Waals surface area contributed by atoms with Crippen molar-refractivity contribution in [3.63, 3.8) is 0 Å². The van der Waals surface area contributed by atoms with Gasteiger partial charge in [0, 0.05) is 17.8 Å². The minimum atomic E-state index is -0.437. The molecular weight excluding hydrogens is 360 g/mol. The molecule has 3 aromatic heterocycles. The highest BCUT2D eigenvalue weighted by Gasteiger charge is 2.15. The van der Waals surface area contributed by atoms with Gasteiger partial charge in [-0.15, -0.1) is 11.3 Å². The maximum atomic E-state index is 12.8. The highest BCUT2D eigenvalue weighted by molar-refractivity contribution is 7.13. The first-order valence-electron chi connectivity index (χ1n) is 8.17. The van der Waals surface area contributed by atoms with E-state index in [0.717, 1.165) is 4.88 Å². The summed E-state index contributed by atoms with van der Waals surface area (Å²) in [6, 6.07) is 16.3. The number of thiophene rings is 1. The number of fused-ring (bicyclic) bond motifs is 1. The number of para-hydroxylation sites is 1. The highest BCUT2D eigenvalue weighted by atomic mass is 32.1. The van der Waals surface area contributed by atoms with Crippen molar-refractivity contribution in [1.82, 2.24) is 20.8 Å². The number of carbonyl (C=O) groups excluding carboxylic acids is 2. The van der Waals surface area contributed by atoms with E-state index < -0.39 is 11.8 Å². The number of hydrogen-bond acceptors (Lipinski definition) is 5. The van der Waals surface area contributed by atoms with Crippen LogP contribution in [0.5, 0.6) is 0 Å². The molecule has 0 fully saturated rings. The summed E-state index contributed by atoms with van der Waals surface area (Å²) in [6.07, 6.45) is 3.00. The number of rotatable bonds is 3. The van der Waals surface area contributed by atoms with Gasteiger partial charge < -0.3 is 0 Å². The predicted octanol–water partition coefficient (Wildman–Crippen LogP) is 3.43. The Morgan fingerprint density at radius 1 is 0.926 bits per heavy atom. The van der Waals surface area contributed by atoms with Crippen molar-refractivity contribution in [3.05, 3.63) is 83.5 Å². The summed E-state index contributed by atoms with van der Waals surface area (Å²) in [6.45, 7) is 0. The Hall–Kier alpha value is -3.58. The summed E-state index contributed by atoms with van der Waals surface area (Å²) < 4.78 is 0. The van der Waals surface area contributed by atoms with Gasteiger partial charge >= 0.3 is 0 Å². The van der Waals surface area contributed by atoms with Gasteiger partial charge in [0.15, 0.2) is 0 Å². The molecular formula is C20H14N4O2S. The molecule has 0 saturated heterocycles. The highest BCUT2D eigenvalue weighted by Crippen LogP contribution is 2.27. The number of amides is 2. The molecule has 7 heteroatoms. The van der Waals surface area contributed by atoms with Crippen LogP contribution in [-0.2, 0) is 0 Å². The van der Waals surface area contributed by atoms with Crippen LogP contribution in [-0.4, -0.2) is 21.8 Å². The van der Waals surface area contributed by atoms with Crippen molar-refractivity contribution >= 4 is 34.1 Å². The smallest absolute Gasteiger partial charge is 0.267 e. The van der Waals surface area contributed by atoms with E-state index in [0.29, 0.717) is 27.7 Å². The van der Waals surface area contributed by atoms with Gasteiger partial charge in [0.2, 0.25) is 0 Å². The van der Waals surface area contributed by atoms with E-state index in [1.807, 2.05) is 41.8 Å². The first-order valence-corrected chi connectivity index (χ1v) is 9.05. The molecule has 0 bridgehead atoms. The molecule has 6 nitrogen and oxygen atoms in total.